The number of fused-ring (bicyclic) bond motifs is 1. The van der Waals surface area contributed by atoms with Gasteiger partial charge in [-0.3, -0.25) is 0 Å². The molecule has 0 bridgehead atoms. The number of nitrogens with one attached hydrogen (secondary N) is 1. The third kappa shape index (κ3) is 4.28. The topological polar surface area (TPSA) is 68.5 Å². The summed E-state index contributed by atoms with van der Waals surface area (Å²) in [7, 11) is 0. The van der Waals surface area contributed by atoms with Crippen molar-refractivity contribution in [2.45, 2.75) is 24.9 Å². The fourth-order valence-corrected chi connectivity index (χ4v) is 4.67. The van der Waals surface area contributed by atoms with E-state index in [1.165, 1.54) is 4.70 Å². The van der Waals surface area contributed by atoms with Crippen molar-refractivity contribution in [1.82, 2.24) is 25.2 Å². The van der Waals surface area contributed by atoms with Gasteiger partial charge in [0.2, 0.25) is 0 Å². The summed E-state index contributed by atoms with van der Waals surface area (Å²) < 4.78 is 4.07. The highest BCUT2D eigenvalue weighted by Gasteiger charge is 2.09. The maximum absolute atomic E-state index is 4.71. The number of hydrogen-bond acceptors (Lipinski definition) is 7. The van der Waals surface area contributed by atoms with E-state index < -0.39 is 0 Å². The number of aromatic nitrogens is 5. The van der Waals surface area contributed by atoms with Gasteiger partial charge in [-0.15, -0.1) is 16.4 Å². The van der Waals surface area contributed by atoms with E-state index in [-0.39, 0.29) is 0 Å². The highest BCUT2D eigenvalue weighted by molar-refractivity contribution is 8.01. The molecule has 2 heterocycles. The van der Waals surface area contributed by atoms with Gasteiger partial charge in [0.25, 0.3) is 0 Å². The summed E-state index contributed by atoms with van der Waals surface area (Å²) in [5.41, 5.74) is 3.07. The Morgan fingerprint density at radius 2 is 2.00 bits per heavy atom. The van der Waals surface area contributed by atoms with E-state index in [0.29, 0.717) is 12.6 Å². The van der Waals surface area contributed by atoms with Gasteiger partial charge in [-0.25, -0.2) is 9.67 Å². The van der Waals surface area contributed by atoms with E-state index in [1.54, 1.807) is 16.0 Å². The van der Waals surface area contributed by atoms with Crippen LogP contribution in [0.25, 0.3) is 21.6 Å². The van der Waals surface area contributed by atoms with Crippen molar-refractivity contribution in [3.8, 4) is 11.4 Å². The Bertz CT molecular complexity index is 1030. The molecule has 4 rings (SSSR count). The van der Waals surface area contributed by atoms with Crippen LogP contribution in [0.3, 0.4) is 0 Å². The quantitative estimate of drug-likeness (QED) is 0.454. The number of tetrazole rings is 1. The summed E-state index contributed by atoms with van der Waals surface area (Å²) in [6.45, 7) is 4.95. The van der Waals surface area contributed by atoms with Gasteiger partial charge < -0.3 is 5.32 Å². The van der Waals surface area contributed by atoms with Gasteiger partial charge in [-0.1, -0.05) is 55.9 Å². The first-order valence-corrected chi connectivity index (χ1v) is 10.6. The predicted octanol–water partition coefficient (Wildman–Crippen LogP) is 4.77. The molecular weight excluding hydrogens is 376 g/mol. The molecule has 0 saturated carbocycles. The predicted molar refractivity (Wildman–Crippen MR) is 112 cm³/mol. The number of benzene rings is 2. The molecule has 4 aromatic rings. The van der Waals surface area contributed by atoms with Crippen LogP contribution in [0.15, 0.2) is 52.9 Å². The molecule has 0 aliphatic rings. The highest BCUT2D eigenvalue weighted by atomic mass is 32.2. The summed E-state index contributed by atoms with van der Waals surface area (Å²) >= 11 is 3.57. The SMILES string of the molecule is CC(C)CSc1nc2ccc(NCn3nnnc3-c3ccccc3)cc2s1. The molecule has 0 aliphatic heterocycles. The van der Waals surface area contributed by atoms with Gasteiger partial charge in [0.1, 0.15) is 6.67 Å². The van der Waals surface area contributed by atoms with Crippen molar-refractivity contribution in [2.75, 3.05) is 11.1 Å². The average molecular weight is 397 g/mol. The maximum atomic E-state index is 4.71. The van der Waals surface area contributed by atoms with Gasteiger partial charge >= 0.3 is 0 Å². The van der Waals surface area contributed by atoms with Crippen LogP contribution in [0.2, 0.25) is 0 Å². The number of thioether (sulfide) groups is 1. The molecule has 1 N–H and O–H groups in total. The van der Waals surface area contributed by atoms with Crippen LogP contribution in [0.1, 0.15) is 13.8 Å². The minimum Gasteiger partial charge on any atom is -0.366 e. The first kappa shape index (κ1) is 17.9. The van der Waals surface area contributed by atoms with Crippen molar-refractivity contribution >= 4 is 39.0 Å². The van der Waals surface area contributed by atoms with Crippen LogP contribution in [-0.2, 0) is 6.67 Å². The van der Waals surface area contributed by atoms with Crippen LogP contribution >= 0.6 is 23.1 Å². The zero-order valence-electron chi connectivity index (χ0n) is 15.2. The lowest BCUT2D eigenvalue weighted by atomic mass is 10.2. The number of anilines is 1. The zero-order valence-corrected chi connectivity index (χ0v) is 16.8. The van der Waals surface area contributed by atoms with E-state index in [2.05, 4.69) is 46.8 Å². The third-order valence-corrected chi connectivity index (χ3v) is 6.49. The lowest BCUT2D eigenvalue weighted by Gasteiger charge is -2.08. The van der Waals surface area contributed by atoms with Gasteiger partial charge in [-0.05, 0) is 34.5 Å². The summed E-state index contributed by atoms with van der Waals surface area (Å²) in [6.07, 6.45) is 0. The Kier molecular flexibility index (Phi) is 5.35. The van der Waals surface area contributed by atoms with Crippen LogP contribution in [0.4, 0.5) is 5.69 Å². The molecule has 0 radical (unpaired) electrons. The monoisotopic (exact) mass is 396 g/mol. The van der Waals surface area contributed by atoms with E-state index in [9.17, 15) is 0 Å². The largest absolute Gasteiger partial charge is 0.366 e. The maximum Gasteiger partial charge on any atom is 0.183 e. The molecule has 0 fully saturated rings. The second-order valence-corrected chi connectivity index (χ2v) is 8.87. The molecule has 8 heteroatoms. The van der Waals surface area contributed by atoms with Crippen molar-refractivity contribution in [1.29, 1.82) is 0 Å². The lowest BCUT2D eigenvalue weighted by molar-refractivity contribution is 0.640. The second kappa shape index (κ2) is 8.06. The summed E-state index contributed by atoms with van der Waals surface area (Å²) in [4.78, 5) is 4.71. The molecule has 0 saturated heterocycles. The molecule has 0 spiro atoms. The second-order valence-electron chi connectivity index (χ2n) is 6.57. The molecule has 138 valence electrons. The fraction of sp³-hybridized carbons (Fsp3) is 0.263. The number of thiazole rings is 1. The molecule has 27 heavy (non-hydrogen) atoms. The van der Waals surface area contributed by atoms with Crippen molar-refractivity contribution in [2.24, 2.45) is 5.92 Å². The van der Waals surface area contributed by atoms with E-state index in [0.717, 1.165) is 32.7 Å². The van der Waals surface area contributed by atoms with E-state index >= 15 is 0 Å². The third-order valence-electron chi connectivity index (χ3n) is 3.91. The minimum atomic E-state index is 0.497. The van der Waals surface area contributed by atoms with Crippen molar-refractivity contribution in [3.05, 3.63) is 48.5 Å². The Hall–Kier alpha value is -2.45. The van der Waals surface area contributed by atoms with Crippen LogP contribution in [-0.4, -0.2) is 30.9 Å². The molecule has 0 amide bonds. The average Bonchev–Trinajstić information content (AvgIpc) is 3.31. The number of hydrogen-bond donors (Lipinski definition) is 1. The molecular formula is C19H20N6S2. The Morgan fingerprint density at radius 3 is 2.81 bits per heavy atom. The van der Waals surface area contributed by atoms with Gasteiger partial charge in [0.15, 0.2) is 10.2 Å². The smallest absolute Gasteiger partial charge is 0.183 e. The van der Waals surface area contributed by atoms with Crippen LogP contribution < -0.4 is 5.32 Å². The molecule has 0 unspecified atom stereocenters. The first-order chi connectivity index (χ1) is 13.2. The van der Waals surface area contributed by atoms with Crippen molar-refractivity contribution in [3.63, 3.8) is 0 Å². The summed E-state index contributed by atoms with van der Waals surface area (Å²) in [5.74, 6) is 2.50. The molecule has 2 aromatic heterocycles. The standard InChI is InChI=1S/C19H20N6S2/c1-13(2)11-26-19-21-16-9-8-15(10-17(16)27-19)20-12-25-18(22-23-24-25)14-6-4-3-5-7-14/h3-10,13,20H,11-12H2,1-2H3. The summed E-state index contributed by atoms with van der Waals surface area (Å²) in [6, 6.07) is 16.2. The molecule has 0 atom stereocenters. The molecule has 6 nitrogen and oxygen atoms in total. The lowest BCUT2D eigenvalue weighted by Crippen LogP contribution is -2.11. The molecule has 0 aliphatic carbocycles. The Labute approximate surface area is 166 Å². The van der Waals surface area contributed by atoms with E-state index in [1.807, 2.05) is 48.2 Å². The van der Waals surface area contributed by atoms with E-state index in [4.69, 9.17) is 4.98 Å². The van der Waals surface area contributed by atoms with Crippen LogP contribution in [0.5, 0.6) is 0 Å². The van der Waals surface area contributed by atoms with Gasteiger partial charge in [-0.2, -0.15) is 0 Å². The molecule has 2 aromatic carbocycles. The zero-order chi connectivity index (χ0) is 18.6. The highest BCUT2D eigenvalue weighted by Crippen LogP contribution is 2.32. The van der Waals surface area contributed by atoms with Crippen LogP contribution in [0, 0.1) is 5.92 Å². The first-order valence-electron chi connectivity index (χ1n) is 8.78. The number of nitrogens with zero attached hydrogens (tertiary/aromatic N) is 5. The Morgan fingerprint density at radius 1 is 1.15 bits per heavy atom. The Balaban J connectivity index is 1.47. The fourth-order valence-electron chi connectivity index (χ4n) is 2.58. The van der Waals surface area contributed by atoms with Gasteiger partial charge in [0.05, 0.1) is 10.2 Å². The summed E-state index contributed by atoms with van der Waals surface area (Å²) in [5, 5.41) is 15.4. The normalized spacial score (nSPS) is 11.4. The minimum absolute atomic E-state index is 0.497. The number of rotatable bonds is 7. The van der Waals surface area contributed by atoms with Gasteiger partial charge in [0, 0.05) is 17.0 Å². The van der Waals surface area contributed by atoms with Crippen molar-refractivity contribution < 1.29 is 0 Å².